The minimum Gasteiger partial charge on any atom is -0.303 e. The van der Waals surface area contributed by atoms with Gasteiger partial charge < -0.3 is 4.57 Å². The van der Waals surface area contributed by atoms with E-state index in [0.717, 1.165) is 0 Å². The van der Waals surface area contributed by atoms with Crippen LogP contribution >= 0.6 is 0 Å². The lowest BCUT2D eigenvalue weighted by molar-refractivity contribution is 0.969. The Bertz CT molecular complexity index is 385. The molecule has 54 valence electrons. The van der Waals surface area contributed by atoms with Crippen LogP contribution in [0.2, 0.25) is 0 Å². The van der Waals surface area contributed by atoms with Gasteiger partial charge in [0, 0.05) is 13.2 Å². The van der Waals surface area contributed by atoms with E-state index in [4.69, 9.17) is 0 Å². The molecule has 0 atom stereocenters. The first-order valence-corrected chi connectivity index (χ1v) is 3.64. The molecule has 0 aliphatic heterocycles. The highest BCUT2D eigenvalue weighted by Gasteiger charge is 1.96. The van der Waals surface area contributed by atoms with Crippen molar-refractivity contribution in [2.24, 2.45) is 7.05 Å². The van der Waals surface area contributed by atoms with Crippen molar-refractivity contribution in [2.75, 3.05) is 0 Å². The summed E-state index contributed by atoms with van der Waals surface area (Å²) < 4.78 is 1.96. The van der Waals surface area contributed by atoms with Crippen molar-refractivity contribution in [1.82, 2.24) is 4.57 Å². The Morgan fingerprint density at radius 1 is 1.36 bits per heavy atom. The van der Waals surface area contributed by atoms with Crippen LogP contribution in [0.5, 0.6) is 0 Å². The summed E-state index contributed by atoms with van der Waals surface area (Å²) in [6, 6.07) is 9.32. The molecule has 1 aromatic carbocycles. The zero-order valence-electron chi connectivity index (χ0n) is 6.68. The molecule has 0 aliphatic rings. The highest BCUT2D eigenvalue weighted by molar-refractivity contribution is 5.81. The van der Waals surface area contributed by atoms with Crippen LogP contribution < -0.4 is 0 Å². The quantitative estimate of drug-likeness (QED) is 0.532. The van der Waals surface area contributed by atoms with E-state index in [1.54, 1.807) is 0 Å². The molecule has 0 radical (unpaired) electrons. The maximum absolute atomic E-state index is 3.09. The second kappa shape index (κ2) is 2.03. The first kappa shape index (κ1) is 6.30. The van der Waals surface area contributed by atoms with E-state index in [9.17, 15) is 0 Å². The standard InChI is InChI=1S/C10H9N/c1-8-4-3-5-10-9(8)6-7-11(10)2/h3-5H,1-2H3. The number of rotatable bonds is 0. The summed E-state index contributed by atoms with van der Waals surface area (Å²) in [7, 11) is 1.98. The fraction of sp³-hybridized carbons (Fsp3) is 0.200. The lowest BCUT2D eigenvalue weighted by atomic mass is 10.1. The van der Waals surface area contributed by atoms with E-state index in [2.05, 4.69) is 37.4 Å². The van der Waals surface area contributed by atoms with Gasteiger partial charge in [0.1, 0.15) is 0 Å². The monoisotopic (exact) mass is 143 g/mol. The SMILES string of the molecule is Cc1cccc2c1c#cn2C. The van der Waals surface area contributed by atoms with Gasteiger partial charge in [-0.15, -0.1) is 0 Å². The smallest absolute Gasteiger partial charge is 0.0645 e. The number of hydrogen-bond donors (Lipinski definition) is 0. The maximum Gasteiger partial charge on any atom is 0.0645 e. The molecule has 0 amide bonds. The summed E-state index contributed by atoms with van der Waals surface area (Å²) in [5, 5.41) is 1.18. The summed E-state index contributed by atoms with van der Waals surface area (Å²) in [6.45, 7) is 2.09. The zero-order valence-corrected chi connectivity index (χ0v) is 6.68. The molecule has 1 heteroatoms. The van der Waals surface area contributed by atoms with Gasteiger partial charge in [-0.25, -0.2) is 0 Å². The molecule has 0 unspecified atom stereocenters. The highest BCUT2D eigenvalue weighted by Crippen LogP contribution is 2.14. The minimum atomic E-state index is 1.18. The van der Waals surface area contributed by atoms with Crippen LogP contribution in [-0.2, 0) is 7.05 Å². The number of benzene rings is 1. The molecule has 0 N–H and O–H groups in total. The summed E-state index contributed by atoms with van der Waals surface area (Å²) >= 11 is 0. The molecule has 0 saturated carbocycles. The fourth-order valence-corrected chi connectivity index (χ4v) is 1.29. The molecular formula is C10H9N. The van der Waals surface area contributed by atoms with Crippen LogP contribution in [0.3, 0.4) is 0 Å². The Morgan fingerprint density at radius 2 is 2.18 bits per heavy atom. The molecular weight excluding hydrogens is 134 g/mol. The van der Waals surface area contributed by atoms with Gasteiger partial charge in [-0.05, 0) is 24.6 Å². The predicted octanol–water partition coefficient (Wildman–Crippen LogP) is 2.09. The van der Waals surface area contributed by atoms with Crippen LogP contribution in [-0.4, -0.2) is 4.57 Å². The van der Waals surface area contributed by atoms with Crippen LogP contribution in [0.15, 0.2) is 18.2 Å². The van der Waals surface area contributed by atoms with Gasteiger partial charge in [-0.3, -0.25) is 0 Å². The Labute approximate surface area is 66.3 Å². The van der Waals surface area contributed by atoms with Crippen molar-refractivity contribution in [3.05, 3.63) is 36.0 Å². The third kappa shape index (κ3) is 0.798. The number of aryl methyl sites for hydroxylation is 2. The Hall–Kier alpha value is -1.42. The van der Waals surface area contributed by atoms with Gasteiger partial charge in [0.25, 0.3) is 0 Å². The van der Waals surface area contributed by atoms with Gasteiger partial charge in [-0.2, -0.15) is 0 Å². The van der Waals surface area contributed by atoms with Crippen molar-refractivity contribution in [3.63, 3.8) is 0 Å². The average Bonchev–Trinajstić information content (AvgIpc) is 2.35. The fourth-order valence-electron chi connectivity index (χ4n) is 1.29. The molecule has 1 heterocycles. The van der Waals surface area contributed by atoms with Crippen molar-refractivity contribution < 1.29 is 0 Å². The van der Waals surface area contributed by atoms with E-state index >= 15 is 0 Å². The van der Waals surface area contributed by atoms with E-state index < -0.39 is 0 Å². The van der Waals surface area contributed by atoms with Crippen LogP contribution in [0.25, 0.3) is 10.9 Å². The zero-order chi connectivity index (χ0) is 7.84. The summed E-state index contributed by atoms with van der Waals surface area (Å²) in [5.41, 5.74) is 2.46. The second-order valence-corrected chi connectivity index (χ2v) is 2.76. The Kier molecular flexibility index (Phi) is 1.16. The first-order chi connectivity index (χ1) is 5.29. The number of nitrogens with zero attached hydrogens (tertiary/aromatic N) is 1. The van der Waals surface area contributed by atoms with E-state index in [1.807, 2.05) is 11.6 Å². The van der Waals surface area contributed by atoms with Gasteiger partial charge in [0.05, 0.1) is 10.9 Å². The first-order valence-electron chi connectivity index (χ1n) is 3.64. The number of fused-ring (bicyclic) bond motifs is 1. The normalized spacial score (nSPS) is 10.0. The molecule has 0 saturated heterocycles. The topological polar surface area (TPSA) is 4.93 Å². The average molecular weight is 143 g/mol. The largest absolute Gasteiger partial charge is 0.303 e. The molecule has 2 rings (SSSR count). The van der Waals surface area contributed by atoms with Crippen molar-refractivity contribution in [1.29, 1.82) is 0 Å². The Morgan fingerprint density at radius 3 is 2.91 bits per heavy atom. The van der Waals surface area contributed by atoms with Gasteiger partial charge in [0.15, 0.2) is 0 Å². The lowest BCUT2D eigenvalue weighted by Gasteiger charge is -1.95. The number of aromatic nitrogens is 1. The molecule has 0 spiro atoms. The van der Waals surface area contributed by atoms with Crippen LogP contribution in [0.1, 0.15) is 5.56 Å². The maximum atomic E-state index is 3.09. The summed E-state index contributed by atoms with van der Waals surface area (Å²) in [6.07, 6.45) is 3.01. The molecule has 0 bridgehead atoms. The molecule has 2 aromatic rings. The van der Waals surface area contributed by atoms with Crippen molar-refractivity contribution in [3.8, 4) is 0 Å². The Balaban J connectivity index is 2.94. The van der Waals surface area contributed by atoms with Crippen molar-refractivity contribution >= 4 is 10.9 Å². The molecule has 1 nitrogen and oxygen atoms in total. The third-order valence-corrected chi connectivity index (χ3v) is 1.96. The molecule has 0 aliphatic carbocycles. The van der Waals surface area contributed by atoms with E-state index in [-0.39, 0.29) is 0 Å². The van der Waals surface area contributed by atoms with Gasteiger partial charge in [0.2, 0.25) is 0 Å². The predicted molar refractivity (Wildman–Crippen MR) is 45.3 cm³/mol. The van der Waals surface area contributed by atoms with Crippen molar-refractivity contribution in [2.45, 2.75) is 6.92 Å². The molecule has 1 aromatic heterocycles. The van der Waals surface area contributed by atoms with E-state index in [0.29, 0.717) is 0 Å². The minimum absolute atomic E-state index is 1.18. The number of hydrogen-bond acceptors (Lipinski definition) is 0. The van der Waals surface area contributed by atoms with Gasteiger partial charge in [-0.1, -0.05) is 12.1 Å². The highest BCUT2D eigenvalue weighted by atomic mass is 14.9. The second-order valence-electron chi connectivity index (χ2n) is 2.76. The summed E-state index contributed by atoms with van der Waals surface area (Å²) in [5.74, 6) is 0. The third-order valence-electron chi connectivity index (χ3n) is 1.96. The van der Waals surface area contributed by atoms with E-state index in [1.165, 1.54) is 16.5 Å². The molecule has 11 heavy (non-hydrogen) atoms. The lowest BCUT2D eigenvalue weighted by Crippen LogP contribution is -1.83. The van der Waals surface area contributed by atoms with Crippen LogP contribution in [0, 0.1) is 19.2 Å². The van der Waals surface area contributed by atoms with Gasteiger partial charge >= 0.3 is 0 Å². The molecule has 0 fully saturated rings. The summed E-state index contributed by atoms with van der Waals surface area (Å²) in [4.78, 5) is 0. The van der Waals surface area contributed by atoms with Crippen LogP contribution in [0.4, 0.5) is 0 Å².